The van der Waals surface area contributed by atoms with Gasteiger partial charge >= 0.3 is 0 Å². The highest BCUT2D eigenvalue weighted by Crippen LogP contribution is 2.36. The Bertz CT molecular complexity index is 183. The molecule has 0 saturated heterocycles. The highest BCUT2D eigenvalue weighted by atomic mass is 16.5. The molecule has 12 heavy (non-hydrogen) atoms. The van der Waals surface area contributed by atoms with E-state index in [-0.39, 0.29) is 0 Å². The maximum absolute atomic E-state index is 5.74. The number of allylic oxidation sites excluding steroid dienone is 2. The van der Waals surface area contributed by atoms with Crippen LogP contribution in [-0.4, -0.2) is 6.61 Å². The van der Waals surface area contributed by atoms with Crippen molar-refractivity contribution in [3.63, 3.8) is 0 Å². The Morgan fingerprint density at radius 1 is 1.17 bits per heavy atom. The van der Waals surface area contributed by atoms with Gasteiger partial charge in [0.2, 0.25) is 0 Å². The van der Waals surface area contributed by atoms with Gasteiger partial charge in [-0.3, -0.25) is 0 Å². The van der Waals surface area contributed by atoms with E-state index in [4.69, 9.17) is 4.74 Å². The summed E-state index contributed by atoms with van der Waals surface area (Å²) in [6.07, 6.45) is 5.15. The molecule has 0 bridgehead atoms. The SMILES string of the molecule is CC1COC2=C(CCC(C)C2)C1. The lowest BCUT2D eigenvalue weighted by Crippen LogP contribution is -2.20. The predicted octanol–water partition coefficient (Wildman–Crippen LogP) is 3.12. The largest absolute Gasteiger partial charge is 0.498 e. The fourth-order valence-electron chi connectivity index (χ4n) is 2.22. The lowest BCUT2D eigenvalue weighted by molar-refractivity contribution is 0.122. The molecule has 2 unspecified atom stereocenters. The fraction of sp³-hybridized carbons (Fsp3) is 0.818. The van der Waals surface area contributed by atoms with Gasteiger partial charge in [-0.05, 0) is 36.7 Å². The molecule has 68 valence electrons. The van der Waals surface area contributed by atoms with Gasteiger partial charge in [0.25, 0.3) is 0 Å². The quantitative estimate of drug-likeness (QED) is 0.537. The molecular formula is C11H18O. The molecule has 1 heteroatoms. The number of hydrogen-bond acceptors (Lipinski definition) is 1. The van der Waals surface area contributed by atoms with E-state index < -0.39 is 0 Å². The average molecular weight is 166 g/mol. The highest BCUT2D eigenvalue weighted by molar-refractivity contribution is 5.15. The molecule has 0 aromatic carbocycles. The van der Waals surface area contributed by atoms with Crippen molar-refractivity contribution in [2.75, 3.05) is 6.61 Å². The van der Waals surface area contributed by atoms with Crippen LogP contribution in [-0.2, 0) is 4.74 Å². The summed E-state index contributed by atoms with van der Waals surface area (Å²) in [6.45, 7) is 5.55. The fourth-order valence-corrected chi connectivity index (χ4v) is 2.22. The standard InChI is InChI=1S/C11H18O/c1-8-3-4-10-5-9(2)7-12-11(10)6-8/h8-9H,3-7H2,1-2H3. The van der Waals surface area contributed by atoms with Gasteiger partial charge in [0, 0.05) is 6.42 Å². The van der Waals surface area contributed by atoms with Crippen LogP contribution >= 0.6 is 0 Å². The van der Waals surface area contributed by atoms with Gasteiger partial charge in [-0.15, -0.1) is 0 Å². The zero-order valence-corrected chi connectivity index (χ0v) is 8.10. The van der Waals surface area contributed by atoms with E-state index >= 15 is 0 Å². The Kier molecular flexibility index (Phi) is 2.12. The van der Waals surface area contributed by atoms with Gasteiger partial charge < -0.3 is 4.74 Å². The van der Waals surface area contributed by atoms with Crippen LogP contribution in [0.15, 0.2) is 11.3 Å². The van der Waals surface area contributed by atoms with E-state index in [2.05, 4.69) is 13.8 Å². The van der Waals surface area contributed by atoms with Crippen LogP contribution in [0.2, 0.25) is 0 Å². The zero-order valence-electron chi connectivity index (χ0n) is 8.10. The monoisotopic (exact) mass is 166 g/mol. The first-order chi connectivity index (χ1) is 5.75. The third kappa shape index (κ3) is 1.50. The Balaban J connectivity index is 2.11. The second-order valence-corrected chi connectivity index (χ2v) is 4.50. The van der Waals surface area contributed by atoms with Gasteiger partial charge in [0.15, 0.2) is 0 Å². The normalized spacial score (nSPS) is 35.8. The van der Waals surface area contributed by atoms with Crippen molar-refractivity contribution >= 4 is 0 Å². The van der Waals surface area contributed by atoms with Gasteiger partial charge in [0.05, 0.1) is 12.4 Å². The molecule has 2 rings (SSSR count). The van der Waals surface area contributed by atoms with E-state index in [0.29, 0.717) is 0 Å². The van der Waals surface area contributed by atoms with Crippen molar-refractivity contribution in [1.82, 2.24) is 0 Å². The second kappa shape index (κ2) is 3.12. The van der Waals surface area contributed by atoms with Crippen LogP contribution in [0.5, 0.6) is 0 Å². The zero-order chi connectivity index (χ0) is 8.55. The molecule has 1 aliphatic heterocycles. The minimum atomic E-state index is 0.747. The molecule has 1 aliphatic carbocycles. The van der Waals surface area contributed by atoms with Crippen molar-refractivity contribution in [3.05, 3.63) is 11.3 Å². The van der Waals surface area contributed by atoms with Crippen LogP contribution in [0.25, 0.3) is 0 Å². The van der Waals surface area contributed by atoms with E-state index in [0.717, 1.165) is 18.4 Å². The Labute approximate surface area is 74.8 Å². The Hall–Kier alpha value is -0.460. The van der Waals surface area contributed by atoms with Crippen LogP contribution in [0, 0.1) is 11.8 Å². The van der Waals surface area contributed by atoms with Crippen molar-refractivity contribution in [2.24, 2.45) is 11.8 Å². The van der Waals surface area contributed by atoms with Crippen molar-refractivity contribution in [2.45, 2.75) is 39.5 Å². The predicted molar refractivity (Wildman–Crippen MR) is 49.8 cm³/mol. The summed E-state index contributed by atoms with van der Waals surface area (Å²) in [7, 11) is 0. The van der Waals surface area contributed by atoms with Crippen molar-refractivity contribution in [1.29, 1.82) is 0 Å². The number of ether oxygens (including phenoxy) is 1. The minimum Gasteiger partial charge on any atom is -0.498 e. The van der Waals surface area contributed by atoms with Crippen LogP contribution in [0.1, 0.15) is 39.5 Å². The van der Waals surface area contributed by atoms with E-state index in [9.17, 15) is 0 Å². The van der Waals surface area contributed by atoms with Crippen LogP contribution in [0.3, 0.4) is 0 Å². The number of hydrogen-bond donors (Lipinski definition) is 0. The summed E-state index contributed by atoms with van der Waals surface area (Å²) in [6, 6.07) is 0. The van der Waals surface area contributed by atoms with Gasteiger partial charge in [-0.25, -0.2) is 0 Å². The first kappa shape index (κ1) is 8.15. The molecule has 0 saturated carbocycles. The lowest BCUT2D eigenvalue weighted by Gasteiger charge is -2.31. The minimum absolute atomic E-state index is 0.747. The molecule has 0 spiro atoms. The first-order valence-corrected chi connectivity index (χ1v) is 5.09. The molecule has 0 N–H and O–H groups in total. The first-order valence-electron chi connectivity index (χ1n) is 5.09. The third-order valence-corrected chi connectivity index (χ3v) is 3.00. The molecule has 2 aliphatic rings. The average Bonchev–Trinajstić information content (AvgIpc) is 2.05. The molecule has 0 radical (unpaired) electrons. The molecule has 0 aromatic rings. The molecular weight excluding hydrogens is 148 g/mol. The van der Waals surface area contributed by atoms with E-state index in [1.165, 1.54) is 31.4 Å². The lowest BCUT2D eigenvalue weighted by atomic mass is 9.84. The molecule has 1 nitrogen and oxygen atoms in total. The topological polar surface area (TPSA) is 9.23 Å². The van der Waals surface area contributed by atoms with Crippen molar-refractivity contribution in [3.8, 4) is 0 Å². The molecule has 2 atom stereocenters. The summed E-state index contributed by atoms with van der Waals surface area (Å²) in [5, 5.41) is 0. The molecule has 0 amide bonds. The third-order valence-electron chi connectivity index (χ3n) is 3.00. The Morgan fingerprint density at radius 3 is 2.83 bits per heavy atom. The molecule has 0 aromatic heterocycles. The summed E-state index contributed by atoms with van der Waals surface area (Å²) in [5.41, 5.74) is 1.62. The van der Waals surface area contributed by atoms with Gasteiger partial charge in [0.1, 0.15) is 0 Å². The number of rotatable bonds is 0. The summed E-state index contributed by atoms with van der Waals surface area (Å²) in [5.74, 6) is 2.93. The van der Waals surface area contributed by atoms with Crippen LogP contribution < -0.4 is 0 Å². The smallest absolute Gasteiger partial charge is 0.0954 e. The summed E-state index contributed by atoms with van der Waals surface area (Å²) < 4.78 is 5.74. The summed E-state index contributed by atoms with van der Waals surface area (Å²) >= 11 is 0. The van der Waals surface area contributed by atoms with Crippen molar-refractivity contribution < 1.29 is 4.74 Å². The van der Waals surface area contributed by atoms with E-state index in [1.54, 1.807) is 5.57 Å². The molecule has 0 fully saturated rings. The maximum Gasteiger partial charge on any atom is 0.0954 e. The van der Waals surface area contributed by atoms with E-state index in [1.807, 2.05) is 0 Å². The van der Waals surface area contributed by atoms with Gasteiger partial charge in [-0.1, -0.05) is 13.8 Å². The molecule has 1 heterocycles. The second-order valence-electron chi connectivity index (χ2n) is 4.50. The van der Waals surface area contributed by atoms with Crippen LogP contribution in [0.4, 0.5) is 0 Å². The summed E-state index contributed by atoms with van der Waals surface area (Å²) in [4.78, 5) is 0. The highest BCUT2D eigenvalue weighted by Gasteiger charge is 2.24. The Morgan fingerprint density at radius 2 is 2.00 bits per heavy atom. The maximum atomic E-state index is 5.74. The van der Waals surface area contributed by atoms with Gasteiger partial charge in [-0.2, -0.15) is 0 Å².